The Morgan fingerprint density at radius 3 is 2.48 bits per heavy atom. The van der Waals surface area contributed by atoms with E-state index in [-0.39, 0.29) is 22.7 Å². The number of amides is 1. The van der Waals surface area contributed by atoms with E-state index in [1.807, 2.05) is 0 Å². The van der Waals surface area contributed by atoms with Gasteiger partial charge in [-0.3, -0.25) is 14.9 Å². The summed E-state index contributed by atoms with van der Waals surface area (Å²) >= 11 is 0. The van der Waals surface area contributed by atoms with E-state index in [0.29, 0.717) is 0 Å². The van der Waals surface area contributed by atoms with Crippen molar-refractivity contribution in [3.05, 3.63) is 63.5 Å². The van der Waals surface area contributed by atoms with E-state index in [4.69, 9.17) is 0 Å². The van der Waals surface area contributed by atoms with Gasteiger partial charge in [-0.1, -0.05) is 6.07 Å². The highest BCUT2D eigenvalue weighted by molar-refractivity contribution is 7.89. The maximum absolute atomic E-state index is 14.0. The molecule has 11 heteroatoms. The predicted molar refractivity (Wildman–Crippen MR) is 91.0 cm³/mol. The average molecular weight is 396 g/mol. The maximum atomic E-state index is 14.0. The smallest absolute Gasteiger partial charge is 0.269 e. The third kappa shape index (κ3) is 4.38. The lowest BCUT2D eigenvalue weighted by atomic mass is 10.1. The molecule has 2 rings (SSSR count). The van der Waals surface area contributed by atoms with Crippen LogP contribution in [0.15, 0.2) is 41.3 Å². The molecule has 0 aliphatic rings. The Morgan fingerprint density at radius 2 is 1.89 bits per heavy atom. The Bertz CT molecular complexity index is 1010. The second-order valence-corrected chi connectivity index (χ2v) is 7.81. The summed E-state index contributed by atoms with van der Waals surface area (Å²) in [5.41, 5.74) is -0.921. The van der Waals surface area contributed by atoms with Crippen molar-refractivity contribution in [2.45, 2.75) is 11.4 Å². The molecule has 0 heterocycles. The highest BCUT2D eigenvalue weighted by atomic mass is 32.2. The summed E-state index contributed by atoms with van der Waals surface area (Å²) in [7, 11) is -1.30. The molecule has 2 aromatic rings. The Hall–Kier alpha value is -3.05. The lowest BCUT2D eigenvalue weighted by Crippen LogP contribution is -2.26. The number of hydrogen-bond donors (Lipinski definition) is 1. The van der Waals surface area contributed by atoms with Crippen LogP contribution in [-0.4, -0.2) is 37.6 Å². The highest BCUT2D eigenvalue weighted by Gasteiger charge is 2.21. The number of rotatable bonds is 6. The standard InChI is InChI=1S/C16H16FN3O6S/c1-19(2)27(25,26)12-4-5-14(17)13(8-12)16(22)18-9-10-7-11(20(23)24)3-6-15(10)21/h3-8,21H,9H2,1-2H3,(H,18,22)/p-1. The summed E-state index contributed by atoms with van der Waals surface area (Å²) in [6.07, 6.45) is 0. The molecule has 144 valence electrons. The molecule has 0 aromatic heterocycles. The van der Waals surface area contributed by atoms with Crippen molar-refractivity contribution >= 4 is 21.6 Å². The van der Waals surface area contributed by atoms with Gasteiger partial charge in [0.15, 0.2) is 0 Å². The zero-order chi connectivity index (χ0) is 20.4. The van der Waals surface area contributed by atoms with Crippen molar-refractivity contribution in [3.63, 3.8) is 0 Å². The SMILES string of the molecule is CN(C)S(=O)(=O)c1ccc(F)c(C(=O)NCc2cc([N+](=O)[O-])ccc2[O-])c1. The fraction of sp³-hybridized carbons (Fsp3) is 0.188. The summed E-state index contributed by atoms with van der Waals surface area (Å²) in [5.74, 6) is -2.45. The van der Waals surface area contributed by atoms with Crippen molar-refractivity contribution in [3.8, 4) is 5.75 Å². The van der Waals surface area contributed by atoms with E-state index in [2.05, 4.69) is 5.32 Å². The number of hydrogen-bond acceptors (Lipinski definition) is 6. The Labute approximate surface area is 154 Å². The summed E-state index contributed by atoms with van der Waals surface area (Å²) in [6, 6.07) is 5.78. The number of halogens is 1. The first-order valence-corrected chi connectivity index (χ1v) is 8.92. The van der Waals surface area contributed by atoms with Crippen molar-refractivity contribution in [2.75, 3.05) is 14.1 Å². The van der Waals surface area contributed by atoms with Gasteiger partial charge in [-0.15, -0.1) is 5.75 Å². The molecule has 1 amide bonds. The quantitative estimate of drug-likeness (QED) is 0.572. The molecular weight excluding hydrogens is 381 g/mol. The number of nitro groups is 1. The highest BCUT2D eigenvalue weighted by Crippen LogP contribution is 2.21. The normalized spacial score (nSPS) is 11.4. The minimum Gasteiger partial charge on any atom is -0.872 e. The largest absolute Gasteiger partial charge is 0.872 e. The first-order valence-electron chi connectivity index (χ1n) is 7.48. The molecule has 0 saturated carbocycles. The molecule has 1 N–H and O–H groups in total. The van der Waals surface area contributed by atoms with Gasteiger partial charge in [0, 0.05) is 32.8 Å². The van der Waals surface area contributed by atoms with Crippen LogP contribution in [0.4, 0.5) is 10.1 Å². The van der Waals surface area contributed by atoms with Gasteiger partial charge in [-0.2, -0.15) is 0 Å². The Balaban J connectivity index is 2.27. The number of nitrogens with one attached hydrogen (secondary N) is 1. The number of carbonyl (C=O) groups excluding carboxylic acids is 1. The topological polar surface area (TPSA) is 133 Å². The van der Waals surface area contributed by atoms with E-state index in [0.717, 1.165) is 40.7 Å². The first kappa shape index (κ1) is 20.3. The van der Waals surface area contributed by atoms with Crippen LogP contribution in [-0.2, 0) is 16.6 Å². The third-order valence-corrected chi connectivity index (χ3v) is 5.47. The van der Waals surface area contributed by atoms with Crippen LogP contribution in [0.1, 0.15) is 15.9 Å². The van der Waals surface area contributed by atoms with Crippen molar-refractivity contribution in [2.24, 2.45) is 0 Å². The number of nitrogens with zero attached hydrogens (tertiary/aromatic N) is 2. The second-order valence-electron chi connectivity index (χ2n) is 5.66. The third-order valence-electron chi connectivity index (χ3n) is 3.66. The van der Waals surface area contributed by atoms with Gasteiger partial charge in [0.2, 0.25) is 10.0 Å². The number of carbonyl (C=O) groups is 1. The van der Waals surface area contributed by atoms with E-state index in [9.17, 15) is 32.8 Å². The molecule has 0 unspecified atom stereocenters. The van der Waals surface area contributed by atoms with Gasteiger partial charge in [0.25, 0.3) is 11.6 Å². The van der Waals surface area contributed by atoms with Crippen LogP contribution in [0.3, 0.4) is 0 Å². The molecule has 0 aliphatic heterocycles. The van der Waals surface area contributed by atoms with E-state index in [1.165, 1.54) is 14.1 Å². The number of benzene rings is 2. The summed E-state index contributed by atoms with van der Waals surface area (Å²) in [6.45, 7) is -0.385. The molecule has 27 heavy (non-hydrogen) atoms. The van der Waals surface area contributed by atoms with Crippen LogP contribution in [0.5, 0.6) is 5.75 Å². The minimum atomic E-state index is -3.88. The molecular formula is C16H15FN3O6S-. The first-order chi connectivity index (χ1) is 12.5. The van der Waals surface area contributed by atoms with Crippen molar-refractivity contribution < 1.29 is 27.6 Å². The fourth-order valence-electron chi connectivity index (χ4n) is 2.14. The van der Waals surface area contributed by atoms with Crippen LogP contribution in [0, 0.1) is 15.9 Å². The molecule has 0 fully saturated rings. The van der Waals surface area contributed by atoms with E-state index >= 15 is 0 Å². The van der Waals surface area contributed by atoms with Gasteiger partial charge in [0.1, 0.15) is 5.82 Å². The van der Waals surface area contributed by atoms with Gasteiger partial charge >= 0.3 is 0 Å². The maximum Gasteiger partial charge on any atom is 0.269 e. The molecule has 9 nitrogen and oxygen atoms in total. The van der Waals surface area contributed by atoms with Gasteiger partial charge in [0.05, 0.1) is 15.4 Å². The summed E-state index contributed by atoms with van der Waals surface area (Å²) in [5, 5.41) is 24.8. The summed E-state index contributed by atoms with van der Waals surface area (Å²) in [4.78, 5) is 22.0. The molecule has 0 spiro atoms. The average Bonchev–Trinajstić information content (AvgIpc) is 2.60. The molecule has 0 bridgehead atoms. The minimum absolute atomic E-state index is 0.0602. The van der Waals surface area contributed by atoms with Crippen molar-refractivity contribution in [1.29, 1.82) is 0 Å². The van der Waals surface area contributed by atoms with Gasteiger partial charge < -0.3 is 10.4 Å². The lowest BCUT2D eigenvalue weighted by Gasteiger charge is -2.15. The molecule has 0 radical (unpaired) electrons. The van der Waals surface area contributed by atoms with E-state index in [1.54, 1.807) is 0 Å². The Kier molecular flexibility index (Phi) is 5.76. The van der Waals surface area contributed by atoms with Crippen LogP contribution in [0.2, 0.25) is 0 Å². The lowest BCUT2D eigenvalue weighted by molar-refractivity contribution is -0.385. The van der Waals surface area contributed by atoms with Crippen LogP contribution < -0.4 is 10.4 Å². The molecule has 0 saturated heterocycles. The summed E-state index contributed by atoms with van der Waals surface area (Å²) < 4.78 is 39.1. The molecule has 0 atom stereocenters. The van der Waals surface area contributed by atoms with Gasteiger partial charge in [-0.05, 0) is 23.8 Å². The van der Waals surface area contributed by atoms with E-state index < -0.39 is 38.0 Å². The van der Waals surface area contributed by atoms with Crippen molar-refractivity contribution in [1.82, 2.24) is 9.62 Å². The number of non-ortho nitro benzene ring substituents is 1. The monoisotopic (exact) mass is 396 g/mol. The van der Waals surface area contributed by atoms with Gasteiger partial charge in [-0.25, -0.2) is 17.1 Å². The van der Waals surface area contributed by atoms with Crippen LogP contribution >= 0.6 is 0 Å². The zero-order valence-corrected chi connectivity index (χ0v) is 15.1. The van der Waals surface area contributed by atoms with Crippen LogP contribution in [0.25, 0.3) is 0 Å². The predicted octanol–water partition coefficient (Wildman–Crippen LogP) is 0.988. The fourth-order valence-corrected chi connectivity index (χ4v) is 3.07. The Morgan fingerprint density at radius 1 is 1.22 bits per heavy atom. The zero-order valence-electron chi connectivity index (χ0n) is 14.3. The second kappa shape index (κ2) is 7.68. The number of sulfonamides is 1. The molecule has 2 aromatic carbocycles. The number of nitro benzene ring substituents is 1. The molecule has 0 aliphatic carbocycles.